The van der Waals surface area contributed by atoms with Gasteiger partial charge >= 0.3 is 5.97 Å². The SMILES string of the molecule is CCCc1c(C(=O)O)cnn1-c1ccc(F)cc1F. The molecule has 0 saturated heterocycles. The Balaban J connectivity index is 2.58. The Morgan fingerprint density at radius 2 is 2.16 bits per heavy atom. The fraction of sp³-hybridized carbons (Fsp3) is 0.231. The molecule has 1 aromatic carbocycles. The normalized spacial score (nSPS) is 10.7. The maximum Gasteiger partial charge on any atom is 0.339 e. The van der Waals surface area contributed by atoms with Gasteiger partial charge in [0, 0.05) is 6.07 Å². The number of nitrogens with zero attached hydrogens (tertiary/aromatic N) is 2. The number of aromatic nitrogens is 2. The van der Waals surface area contributed by atoms with E-state index < -0.39 is 17.6 Å². The zero-order chi connectivity index (χ0) is 14.0. The van der Waals surface area contributed by atoms with Crippen LogP contribution in [0.4, 0.5) is 8.78 Å². The molecule has 0 bridgehead atoms. The molecule has 0 aliphatic heterocycles. The maximum atomic E-state index is 13.7. The van der Waals surface area contributed by atoms with E-state index >= 15 is 0 Å². The van der Waals surface area contributed by atoms with E-state index in [1.54, 1.807) is 0 Å². The average Bonchev–Trinajstić information content (AvgIpc) is 2.73. The number of carboxylic acid groups (broad SMARTS) is 1. The van der Waals surface area contributed by atoms with Gasteiger partial charge < -0.3 is 5.11 Å². The first-order valence-corrected chi connectivity index (χ1v) is 5.80. The van der Waals surface area contributed by atoms with Crippen LogP contribution in [0.2, 0.25) is 0 Å². The quantitative estimate of drug-likeness (QED) is 0.925. The van der Waals surface area contributed by atoms with Crippen molar-refractivity contribution in [2.45, 2.75) is 19.8 Å². The molecular weight excluding hydrogens is 254 g/mol. The summed E-state index contributed by atoms with van der Waals surface area (Å²) >= 11 is 0. The Morgan fingerprint density at radius 1 is 1.42 bits per heavy atom. The second-order valence-corrected chi connectivity index (χ2v) is 4.07. The van der Waals surface area contributed by atoms with Crippen LogP contribution in [0.1, 0.15) is 29.4 Å². The van der Waals surface area contributed by atoms with Crippen LogP contribution >= 0.6 is 0 Å². The van der Waals surface area contributed by atoms with Gasteiger partial charge in [0.05, 0.1) is 11.9 Å². The molecule has 0 aliphatic rings. The number of hydrogen-bond donors (Lipinski definition) is 1. The van der Waals surface area contributed by atoms with Crippen molar-refractivity contribution in [1.82, 2.24) is 9.78 Å². The number of aromatic carboxylic acids is 1. The van der Waals surface area contributed by atoms with Crippen molar-refractivity contribution >= 4 is 5.97 Å². The van der Waals surface area contributed by atoms with Gasteiger partial charge in [-0.15, -0.1) is 0 Å². The van der Waals surface area contributed by atoms with Crippen molar-refractivity contribution in [1.29, 1.82) is 0 Å². The molecule has 2 rings (SSSR count). The molecule has 6 heteroatoms. The molecule has 0 saturated carbocycles. The lowest BCUT2D eigenvalue weighted by Gasteiger charge is -2.08. The molecule has 0 fully saturated rings. The van der Waals surface area contributed by atoms with Crippen molar-refractivity contribution in [3.05, 3.63) is 47.3 Å². The van der Waals surface area contributed by atoms with Gasteiger partial charge in [-0.1, -0.05) is 13.3 Å². The minimum absolute atomic E-state index is 0.0329. The zero-order valence-electron chi connectivity index (χ0n) is 10.2. The van der Waals surface area contributed by atoms with Crippen LogP contribution in [0.25, 0.3) is 5.69 Å². The zero-order valence-corrected chi connectivity index (χ0v) is 10.2. The highest BCUT2D eigenvalue weighted by Crippen LogP contribution is 2.20. The summed E-state index contributed by atoms with van der Waals surface area (Å²) in [4.78, 5) is 11.1. The summed E-state index contributed by atoms with van der Waals surface area (Å²) in [5, 5.41) is 12.9. The van der Waals surface area contributed by atoms with E-state index in [4.69, 9.17) is 5.11 Å². The summed E-state index contributed by atoms with van der Waals surface area (Å²) in [7, 11) is 0. The lowest BCUT2D eigenvalue weighted by atomic mass is 10.1. The third-order valence-electron chi connectivity index (χ3n) is 2.72. The van der Waals surface area contributed by atoms with E-state index in [1.165, 1.54) is 16.9 Å². The van der Waals surface area contributed by atoms with Crippen molar-refractivity contribution in [2.75, 3.05) is 0 Å². The summed E-state index contributed by atoms with van der Waals surface area (Å²) in [5.41, 5.74) is 0.475. The Hall–Kier alpha value is -2.24. The van der Waals surface area contributed by atoms with Gasteiger partial charge in [-0.2, -0.15) is 5.10 Å². The highest BCUT2D eigenvalue weighted by Gasteiger charge is 2.18. The molecule has 1 N–H and O–H groups in total. The van der Waals surface area contributed by atoms with Gasteiger partial charge in [-0.05, 0) is 18.6 Å². The van der Waals surface area contributed by atoms with Crippen LogP contribution < -0.4 is 0 Å². The van der Waals surface area contributed by atoms with E-state index in [0.717, 1.165) is 12.1 Å². The molecule has 100 valence electrons. The van der Waals surface area contributed by atoms with Gasteiger partial charge in [0.25, 0.3) is 0 Å². The average molecular weight is 266 g/mol. The lowest BCUT2D eigenvalue weighted by Crippen LogP contribution is -2.08. The highest BCUT2D eigenvalue weighted by molar-refractivity contribution is 5.88. The smallest absolute Gasteiger partial charge is 0.339 e. The Labute approximate surface area is 108 Å². The van der Waals surface area contributed by atoms with Crippen molar-refractivity contribution in [3.8, 4) is 5.69 Å². The Kier molecular flexibility index (Phi) is 3.59. The van der Waals surface area contributed by atoms with E-state index in [1.807, 2.05) is 6.92 Å². The predicted octanol–water partition coefficient (Wildman–Crippen LogP) is 2.80. The second kappa shape index (κ2) is 5.17. The van der Waals surface area contributed by atoms with Crippen molar-refractivity contribution in [3.63, 3.8) is 0 Å². The Bertz CT molecular complexity index is 623. The van der Waals surface area contributed by atoms with Crippen LogP contribution in [0.5, 0.6) is 0 Å². The molecule has 0 amide bonds. The summed E-state index contributed by atoms with van der Waals surface area (Å²) < 4.78 is 27.8. The number of hydrogen-bond acceptors (Lipinski definition) is 2. The van der Waals surface area contributed by atoms with Gasteiger partial charge in [0.15, 0.2) is 5.82 Å². The molecule has 0 aliphatic carbocycles. The largest absolute Gasteiger partial charge is 0.478 e. The van der Waals surface area contributed by atoms with E-state index in [-0.39, 0.29) is 11.3 Å². The van der Waals surface area contributed by atoms with E-state index in [0.29, 0.717) is 18.5 Å². The molecule has 0 unspecified atom stereocenters. The van der Waals surface area contributed by atoms with Crippen molar-refractivity contribution < 1.29 is 18.7 Å². The fourth-order valence-electron chi connectivity index (χ4n) is 1.89. The molecule has 2 aromatic rings. The first-order valence-electron chi connectivity index (χ1n) is 5.80. The van der Waals surface area contributed by atoms with Crippen LogP contribution in [0.3, 0.4) is 0 Å². The fourth-order valence-corrected chi connectivity index (χ4v) is 1.89. The van der Waals surface area contributed by atoms with Crippen LogP contribution in [0, 0.1) is 11.6 Å². The highest BCUT2D eigenvalue weighted by atomic mass is 19.1. The van der Waals surface area contributed by atoms with Crippen LogP contribution in [-0.4, -0.2) is 20.9 Å². The van der Waals surface area contributed by atoms with Gasteiger partial charge in [0.1, 0.15) is 17.1 Å². The monoisotopic (exact) mass is 266 g/mol. The van der Waals surface area contributed by atoms with Gasteiger partial charge in [-0.3, -0.25) is 0 Å². The van der Waals surface area contributed by atoms with Gasteiger partial charge in [0.2, 0.25) is 0 Å². The maximum absolute atomic E-state index is 13.7. The number of carbonyl (C=O) groups is 1. The van der Waals surface area contributed by atoms with Crippen molar-refractivity contribution in [2.24, 2.45) is 0 Å². The molecule has 0 radical (unpaired) electrons. The molecule has 0 atom stereocenters. The molecule has 0 spiro atoms. The molecule has 19 heavy (non-hydrogen) atoms. The van der Waals surface area contributed by atoms with E-state index in [9.17, 15) is 13.6 Å². The third-order valence-corrected chi connectivity index (χ3v) is 2.72. The molecule has 1 heterocycles. The van der Waals surface area contributed by atoms with Crippen LogP contribution in [0.15, 0.2) is 24.4 Å². The minimum Gasteiger partial charge on any atom is -0.478 e. The first-order chi connectivity index (χ1) is 9.04. The molecule has 4 nitrogen and oxygen atoms in total. The summed E-state index contributed by atoms with van der Waals surface area (Å²) in [6, 6.07) is 3.09. The standard InChI is InChI=1S/C13H12F2N2O2/c1-2-3-11-9(13(18)19)7-16-17(11)12-5-4-8(14)6-10(12)15/h4-7H,2-3H2,1H3,(H,18,19). The van der Waals surface area contributed by atoms with Gasteiger partial charge in [-0.25, -0.2) is 18.3 Å². The molecule has 1 aromatic heterocycles. The number of benzene rings is 1. The van der Waals surface area contributed by atoms with Crippen LogP contribution in [-0.2, 0) is 6.42 Å². The molecular formula is C13H12F2N2O2. The first kappa shape index (κ1) is 13.2. The number of carboxylic acids is 1. The van der Waals surface area contributed by atoms with E-state index in [2.05, 4.69) is 5.10 Å². The lowest BCUT2D eigenvalue weighted by molar-refractivity contribution is 0.0695. The Morgan fingerprint density at radius 3 is 2.74 bits per heavy atom. The topological polar surface area (TPSA) is 55.1 Å². The summed E-state index contributed by atoms with van der Waals surface area (Å²) in [5.74, 6) is -2.58. The predicted molar refractivity (Wildman–Crippen MR) is 64.4 cm³/mol. The number of rotatable bonds is 4. The third kappa shape index (κ3) is 2.47. The summed E-state index contributed by atoms with van der Waals surface area (Å²) in [6.45, 7) is 1.88. The number of halogens is 2. The second-order valence-electron chi connectivity index (χ2n) is 4.07. The summed E-state index contributed by atoms with van der Waals surface area (Å²) in [6.07, 6.45) is 2.31. The minimum atomic E-state index is -1.11.